The van der Waals surface area contributed by atoms with E-state index in [1.54, 1.807) is 12.1 Å². The summed E-state index contributed by atoms with van der Waals surface area (Å²) in [6.45, 7) is 2.82. The summed E-state index contributed by atoms with van der Waals surface area (Å²) in [4.78, 5) is 0. The molecule has 0 atom stereocenters. The molecule has 2 nitrogen and oxygen atoms in total. The summed E-state index contributed by atoms with van der Waals surface area (Å²) in [5.41, 5.74) is 0.373. The zero-order valence-electron chi connectivity index (χ0n) is 8.31. The van der Waals surface area contributed by atoms with E-state index in [1.807, 2.05) is 6.92 Å². The van der Waals surface area contributed by atoms with Gasteiger partial charge in [-0.2, -0.15) is 0 Å². The number of thiocarbonyl (C=S) groups is 1. The molecular weight excluding hydrogens is 279 g/mol. The van der Waals surface area contributed by atoms with Crippen LogP contribution in [0.15, 0.2) is 22.7 Å². The van der Waals surface area contributed by atoms with Crippen molar-refractivity contribution in [3.05, 3.63) is 28.5 Å². The van der Waals surface area contributed by atoms with Crippen LogP contribution in [0.25, 0.3) is 0 Å². The number of anilines is 1. The molecule has 15 heavy (non-hydrogen) atoms. The number of rotatable bonds is 3. The van der Waals surface area contributed by atoms with Crippen LogP contribution in [0, 0.1) is 5.82 Å². The van der Waals surface area contributed by atoms with Gasteiger partial charge in [0.05, 0.1) is 5.69 Å². The van der Waals surface area contributed by atoms with Crippen molar-refractivity contribution in [1.82, 2.24) is 5.32 Å². The van der Waals surface area contributed by atoms with E-state index < -0.39 is 0 Å². The highest BCUT2D eigenvalue weighted by molar-refractivity contribution is 9.10. The van der Waals surface area contributed by atoms with E-state index in [4.69, 9.17) is 12.2 Å². The maximum Gasteiger partial charge on any atom is 0.170 e. The third-order valence-corrected chi connectivity index (χ3v) is 2.45. The second kappa shape index (κ2) is 6.02. The molecule has 1 aromatic rings. The maximum absolute atomic E-state index is 13.3. The van der Waals surface area contributed by atoms with Gasteiger partial charge in [0.15, 0.2) is 5.11 Å². The molecule has 0 aromatic heterocycles. The largest absolute Gasteiger partial charge is 0.362 e. The third-order valence-electron chi connectivity index (χ3n) is 1.71. The van der Waals surface area contributed by atoms with E-state index in [1.165, 1.54) is 6.07 Å². The van der Waals surface area contributed by atoms with Gasteiger partial charge in [-0.15, -0.1) is 0 Å². The van der Waals surface area contributed by atoms with Crippen molar-refractivity contribution in [2.24, 2.45) is 0 Å². The van der Waals surface area contributed by atoms with Crippen LogP contribution in [0.2, 0.25) is 0 Å². The molecule has 0 aliphatic rings. The van der Waals surface area contributed by atoms with Crippen molar-refractivity contribution >= 4 is 38.9 Å². The molecule has 0 saturated heterocycles. The molecule has 0 fully saturated rings. The van der Waals surface area contributed by atoms with Crippen molar-refractivity contribution < 1.29 is 4.39 Å². The first-order valence-corrected chi connectivity index (χ1v) is 5.83. The molecule has 2 N–H and O–H groups in total. The first-order valence-electron chi connectivity index (χ1n) is 4.63. The average Bonchev–Trinajstić information content (AvgIpc) is 2.20. The van der Waals surface area contributed by atoms with Crippen molar-refractivity contribution in [3.8, 4) is 0 Å². The predicted molar refractivity (Wildman–Crippen MR) is 68.6 cm³/mol. The molecular formula is C10H12BrFN2S. The summed E-state index contributed by atoms with van der Waals surface area (Å²) in [6.07, 6.45) is 0.975. The zero-order chi connectivity index (χ0) is 11.3. The van der Waals surface area contributed by atoms with E-state index in [9.17, 15) is 4.39 Å². The van der Waals surface area contributed by atoms with Gasteiger partial charge in [0, 0.05) is 11.0 Å². The quantitative estimate of drug-likeness (QED) is 0.836. The van der Waals surface area contributed by atoms with Crippen LogP contribution >= 0.6 is 28.1 Å². The number of benzene rings is 1. The lowest BCUT2D eigenvalue weighted by Gasteiger charge is -2.10. The molecule has 0 unspecified atom stereocenters. The van der Waals surface area contributed by atoms with Crippen molar-refractivity contribution in [2.75, 3.05) is 11.9 Å². The van der Waals surface area contributed by atoms with Crippen molar-refractivity contribution in [1.29, 1.82) is 0 Å². The minimum atomic E-state index is -0.321. The third kappa shape index (κ3) is 4.13. The minimum Gasteiger partial charge on any atom is -0.362 e. The fourth-order valence-corrected chi connectivity index (χ4v) is 1.57. The summed E-state index contributed by atoms with van der Waals surface area (Å²) < 4.78 is 14.1. The van der Waals surface area contributed by atoms with Crippen LogP contribution in [0.3, 0.4) is 0 Å². The Bertz CT molecular complexity index is 357. The monoisotopic (exact) mass is 290 g/mol. The molecule has 82 valence electrons. The Morgan fingerprint density at radius 1 is 1.53 bits per heavy atom. The van der Waals surface area contributed by atoms with E-state index in [-0.39, 0.29) is 5.82 Å². The first-order chi connectivity index (χ1) is 7.13. The molecule has 0 bridgehead atoms. The molecule has 0 saturated carbocycles. The molecule has 0 radical (unpaired) electrons. The number of hydrogen-bond donors (Lipinski definition) is 2. The highest BCUT2D eigenvalue weighted by Gasteiger charge is 2.03. The molecule has 0 amide bonds. The molecule has 0 aliphatic heterocycles. The number of halogens is 2. The molecule has 0 aliphatic carbocycles. The van der Waals surface area contributed by atoms with Gasteiger partial charge in [0.2, 0.25) is 0 Å². The topological polar surface area (TPSA) is 24.1 Å². The van der Waals surface area contributed by atoms with Crippen LogP contribution < -0.4 is 10.6 Å². The van der Waals surface area contributed by atoms with Gasteiger partial charge in [-0.3, -0.25) is 0 Å². The Morgan fingerprint density at radius 3 is 2.93 bits per heavy atom. The first kappa shape index (κ1) is 12.4. The summed E-state index contributed by atoms with van der Waals surface area (Å²) in [5, 5.41) is 6.21. The smallest absolute Gasteiger partial charge is 0.170 e. The molecule has 0 spiro atoms. The van der Waals surface area contributed by atoms with E-state index in [0.717, 1.165) is 17.4 Å². The fraction of sp³-hybridized carbons (Fsp3) is 0.300. The Labute approximate surface area is 102 Å². The second-order valence-corrected chi connectivity index (χ2v) is 4.33. The summed E-state index contributed by atoms with van der Waals surface area (Å²) in [7, 11) is 0. The van der Waals surface area contributed by atoms with Gasteiger partial charge in [0.25, 0.3) is 0 Å². The molecule has 1 aromatic carbocycles. The van der Waals surface area contributed by atoms with Gasteiger partial charge in [-0.1, -0.05) is 22.9 Å². The minimum absolute atomic E-state index is 0.321. The lowest BCUT2D eigenvalue weighted by atomic mass is 10.3. The number of nitrogens with one attached hydrogen (secondary N) is 2. The van der Waals surface area contributed by atoms with Gasteiger partial charge in [0.1, 0.15) is 5.82 Å². The summed E-state index contributed by atoms with van der Waals surface area (Å²) in [5.74, 6) is -0.321. The Balaban J connectivity index is 2.63. The van der Waals surface area contributed by atoms with E-state index >= 15 is 0 Å². The fourth-order valence-electron chi connectivity index (χ4n) is 0.998. The van der Waals surface area contributed by atoms with Crippen molar-refractivity contribution in [2.45, 2.75) is 13.3 Å². The highest BCUT2D eigenvalue weighted by Crippen LogP contribution is 2.19. The average molecular weight is 291 g/mol. The lowest BCUT2D eigenvalue weighted by Crippen LogP contribution is -2.29. The molecule has 5 heteroatoms. The summed E-state index contributed by atoms with van der Waals surface area (Å²) >= 11 is 8.27. The normalized spacial score (nSPS) is 9.80. The van der Waals surface area contributed by atoms with E-state index in [2.05, 4.69) is 26.6 Å². The van der Waals surface area contributed by atoms with Crippen LogP contribution in [0.4, 0.5) is 10.1 Å². The Morgan fingerprint density at radius 2 is 2.27 bits per heavy atom. The number of hydrogen-bond acceptors (Lipinski definition) is 1. The van der Waals surface area contributed by atoms with Gasteiger partial charge < -0.3 is 10.6 Å². The summed E-state index contributed by atoms with van der Waals surface area (Å²) in [6, 6.07) is 4.67. The van der Waals surface area contributed by atoms with Crippen LogP contribution in [-0.2, 0) is 0 Å². The SMILES string of the molecule is CCCNC(=S)Nc1cc(Br)ccc1F. The highest BCUT2D eigenvalue weighted by atomic mass is 79.9. The van der Waals surface area contributed by atoms with E-state index in [0.29, 0.717) is 10.8 Å². The van der Waals surface area contributed by atoms with Crippen LogP contribution in [0.5, 0.6) is 0 Å². The Kier molecular flexibility index (Phi) is 4.98. The van der Waals surface area contributed by atoms with Crippen LogP contribution in [-0.4, -0.2) is 11.7 Å². The maximum atomic E-state index is 13.3. The van der Waals surface area contributed by atoms with Gasteiger partial charge in [-0.25, -0.2) is 4.39 Å². The standard InChI is InChI=1S/C10H12BrFN2S/c1-2-5-13-10(15)14-9-6-7(11)3-4-8(9)12/h3-4,6H,2,5H2,1H3,(H2,13,14,15). The molecule has 1 rings (SSSR count). The Hall–Kier alpha value is -0.680. The molecule has 0 heterocycles. The second-order valence-electron chi connectivity index (χ2n) is 3.01. The van der Waals surface area contributed by atoms with Gasteiger partial charge >= 0.3 is 0 Å². The zero-order valence-corrected chi connectivity index (χ0v) is 10.7. The van der Waals surface area contributed by atoms with Crippen molar-refractivity contribution in [3.63, 3.8) is 0 Å². The lowest BCUT2D eigenvalue weighted by molar-refractivity contribution is 0.631. The van der Waals surface area contributed by atoms with Crippen LogP contribution in [0.1, 0.15) is 13.3 Å². The van der Waals surface area contributed by atoms with Gasteiger partial charge in [-0.05, 0) is 36.8 Å². The predicted octanol–water partition coefficient (Wildman–Crippen LogP) is 3.28.